The molecule has 1 aromatic carbocycles. The minimum Gasteiger partial charge on any atom is -0.508 e. The maximum atomic E-state index is 11.7. The number of hydrogen-bond donors (Lipinski definition) is 1. The second-order valence-electron chi connectivity index (χ2n) is 5.49. The number of nitrogens with zero attached hydrogens (tertiary/aromatic N) is 2. The Labute approximate surface area is 126 Å². The fourth-order valence-corrected chi connectivity index (χ4v) is 2.75. The molecule has 1 fully saturated rings. The zero-order valence-corrected chi connectivity index (χ0v) is 12.8. The molecule has 2 rings (SSSR count). The van der Waals surface area contributed by atoms with E-state index in [0.29, 0.717) is 12.4 Å². The van der Waals surface area contributed by atoms with Crippen LogP contribution in [0.4, 0.5) is 4.79 Å². The van der Waals surface area contributed by atoms with Gasteiger partial charge in [-0.2, -0.15) is 0 Å². The second kappa shape index (κ2) is 7.31. The number of hydrogen-bond acceptors (Lipinski definition) is 4. The molecule has 0 atom stereocenters. The lowest BCUT2D eigenvalue weighted by molar-refractivity contribution is 0.0789. The molecule has 0 aliphatic carbocycles. The van der Waals surface area contributed by atoms with Gasteiger partial charge in [-0.05, 0) is 37.5 Å². The molecule has 0 radical (unpaired) electrons. The van der Waals surface area contributed by atoms with E-state index < -0.39 is 0 Å². The molecule has 1 saturated heterocycles. The molecule has 1 aliphatic rings. The standard InChI is InChI=1S/C16H24N2O3/c1-3-21-16(20)17(2)14-7-9-18(10-8-14)12-13-5-4-6-15(19)11-13/h4-6,11,14,19H,3,7-10,12H2,1-2H3. The van der Waals surface area contributed by atoms with Crippen molar-refractivity contribution >= 4 is 6.09 Å². The Morgan fingerprint density at radius 1 is 1.43 bits per heavy atom. The van der Waals surface area contributed by atoms with E-state index in [-0.39, 0.29) is 12.1 Å². The van der Waals surface area contributed by atoms with Crippen molar-refractivity contribution in [3.05, 3.63) is 29.8 Å². The van der Waals surface area contributed by atoms with Crippen molar-refractivity contribution < 1.29 is 14.6 Å². The topological polar surface area (TPSA) is 53.0 Å². The third-order valence-corrected chi connectivity index (χ3v) is 3.98. The number of phenols is 1. The van der Waals surface area contributed by atoms with Crippen molar-refractivity contribution in [2.45, 2.75) is 32.4 Å². The van der Waals surface area contributed by atoms with Gasteiger partial charge in [-0.25, -0.2) is 4.79 Å². The predicted octanol–water partition coefficient (Wildman–Crippen LogP) is 2.44. The summed E-state index contributed by atoms with van der Waals surface area (Å²) in [6.45, 7) is 4.97. The monoisotopic (exact) mass is 292 g/mol. The molecule has 0 bridgehead atoms. The minimum atomic E-state index is -0.232. The highest BCUT2D eigenvalue weighted by molar-refractivity contribution is 5.67. The summed E-state index contributed by atoms with van der Waals surface area (Å²) in [4.78, 5) is 15.8. The van der Waals surface area contributed by atoms with Crippen LogP contribution in [0.2, 0.25) is 0 Å². The Kier molecular flexibility index (Phi) is 5.44. The Bertz CT molecular complexity index is 470. The summed E-state index contributed by atoms with van der Waals surface area (Å²) in [5.74, 6) is 0.310. The highest BCUT2D eigenvalue weighted by atomic mass is 16.6. The van der Waals surface area contributed by atoms with E-state index in [1.54, 1.807) is 17.0 Å². The predicted molar refractivity (Wildman–Crippen MR) is 81.2 cm³/mol. The summed E-state index contributed by atoms with van der Waals surface area (Å²) in [7, 11) is 1.81. The normalized spacial score (nSPS) is 16.7. The number of aromatic hydroxyl groups is 1. The highest BCUT2D eigenvalue weighted by Crippen LogP contribution is 2.19. The van der Waals surface area contributed by atoms with Gasteiger partial charge in [-0.15, -0.1) is 0 Å². The molecule has 0 aromatic heterocycles. The van der Waals surface area contributed by atoms with E-state index in [0.717, 1.165) is 38.0 Å². The summed E-state index contributed by atoms with van der Waals surface area (Å²) in [6.07, 6.45) is 1.67. The first-order chi connectivity index (χ1) is 10.1. The highest BCUT2D eigenvalue weighted by Gasteiger charge is 2.25. The van der Waals surface area contributed by atoms with Gasteiger partial charge in [0.1, 0.15) is 5.75 Å². The maximum absolute atomic E-state index is 11.7. The largest absolute Gasteiger partial charge is 0.508 e. The smallest absolute Gasteiger partial charge is 0.409 e. The van der Waals surface area contributed by atoms with Gasteiger partial charge in [-0.3, -0.25) is 4.90 Å². The molecule has 116 valence electrons. The lowest BCUT2D eigenvalue weighted by atomic mass is 10.0. The van der Waals surface area contributed by atoms with Gasteiger partial charge in [0.05, 0.1) is 6.61 Å². The Morgan fingerprint density at radius 3 is 2.76 bits per heavy atom. The Balaban J connectivity index is 1.81. The second-order valence-corrected chi connectivity index (χ2v) is 5.49. The van der Waals surface area contributed by atoms with Gasteiger partial charge in [0.25, 0.3) is 0 Å². The zero-order chi connectivity index (χ0) is 15.2. The summed E-state index contributed by atoms with van der Waals surface area (Å²) < 4.78 is 5.04. The number of amides is 1. The molecular formula is C16H24N2O3. The molecule has 0 saturated carbocycles. The Hall–Kier alpha value is -1.75. The molecule has 1 heterocycles. The third kappa shape index (κ3) is 4.36. The molecule has 0 unspecified atom stereocenters. The first-order valence-electron chi connectivity index (χ1n) is 7.50. The molecule has 1 aromatic rings. The average Bonchev–Trinajstić information content (AvgIpc) is 2.47. The third-order valence-electron chi connectivity index (χ3n) is 3.98. The first kappa shape index (κ1) is 15.6. The van der Waals surface area contributed by atoms with Crippen LogP contribution in [0.15, 0.2) is 24.3 Å². The lowest BCUT2D eigenvalue weighted by Gasteiger charge is -2.36. The Morgan fingerprint density at radius 2 is 2.14 bits per heavy atom. The fraction of sp³-hybridized carbons (Fsp3) is 0.562. The number of likely N-dealkylation sites (tertiary alicyclic amines) is 1. The fourth-order valence-electron chi connectivity index (χ4n) is 2.75. The van der Waals surface area contributed by atoms with E-state index in [2.05, 4.69) is 4.90 Å². The van der Waals surface area contributed by atoms with Crippen LogP contribution < -0.4 is 0 Å². The van der Waals surface area contributed by atoms with Gasteiger partial charge in [-0.1, -0.05) is 12.1 Å². The number of carbonyl (C=O) groups is 1. The van der Waals surface area contributed by atoms with Crippen molar-refractivity contribution in [1.82, 2.24) is 9.80 Å². The first-order valence-corrected chi connectivity index (χ1v) is 7.50. The number of phenolic OH excluding ortho intramolecular Hbond substituents is 1. The summed E-state index contributed by atoms with van der Waals surface area (Å²) in [6, 6.07) is 7.63. The van der Waals surface area contributed by atoms with Crippen LogP contribution in [0, 0.1) is 0 Å². The van der Waals surface area contributed by atoms with E-state index in [4.69, 9.17) is 4.74 Å². The van der Waals surface area contributed by atoms with Gasteiger partial charge >= 0.3 is 6.09 Å². The van der Waals surface area contributed by atoms with Gasteiger partial charge < -0.3 is 14.7 Å². The zero-order valence-electron chi connectivity index (χ0n) is 12.8. The van der Waals surface area contributed by atoms with Crippen LogP contribution in [0.25, 0.3) is 0 Å². The number of benzene rings is 1. The maximum Gasteiger partial charge on any atom is 0.409 e. The minimum absolute atomic E-state index is 0.232. The van der Waals surface area contributed by atoms with Crippen LogP contribution >= 0.6 is 0 Å². The van der Waals surface area contributed by atoms with Crippen molar-refractivity contribution in [3.8, 4) is 5.75 Å². The number of rotatable bonds is 4. The number of piperidine rings is 1. The molecule has 21 heavy (non-hydrogen) atoms. The molecule has 1 amide bonds. The molecule has 5 nitrogen and oxygen atoms in total. The van der Waals surface area contributed by atoms with Gasteiger partial charge in [0.2, 0.25) is 0 Å². The van der Waals surface area contributed by atoms with Crippen LogP contribution in [-0.4, -0.2) is 53.8 Å². The molecule has 5 heteroatoms. The van der Waals surface area contributed by atoms with Gasteiger partial charge in [0, 0.05) is 32.7 Å². The van der Waals surface area contributed by atoms with Crippen LogP contribution in [0.5, 0.6) is 5.75 Å². The SMILES string of the molecule is CCOC(=O)N(C)C1CCN(Cc2cccc(O)c2)CC1. The van der Waals surface area contributed by atoms with Crippen molar-refractivity contribution in [2.24, 2.45) is 0 Å². The van der Waals surface area contributed by atoms with Crippen LogP contribution in [0.3, 0.4) is 0 Å². The van der Waals surface area contributed by atoms with Crippen molar-refractivity contribution in [1.29, 1.82) is 0 Å². The van der Waals surface area contributed by atoms with Crippen molar-refractivity contribution in [2.75, 3.05) is 26.7 Å². The number of ether oxygens (including phenoxy) is 1. The quantitative estimate of drug-likeness (QED) is 0.926. The van der Waals surface area contributed by atoms with Crippen LogP contribution in [-0.2, 0) is 11.3 Å². The van der Waals surface area contributed by atoms with E-state index in [9.17, 15) is 9.90 Å². The summed E-state index contributed by atoms with van der Waals surface area (Å²) in [5, 5.41) is 9.49. The summed E-state index contributed by atoms with van der Waals surface area (Å²) >= 11 is 0. The molecule has 1 aliphatic heterocycles. The molecule has 1 N–H and O–H groups in total. The molecular weight excluding hydrogens is 268 g/mol. The molecule has 0 spiro atoms. The van der Waals surface area contributed by atoms with Crippen LogP contribution in [0.1, 0.15) is 25.3 Å². The average molecular weight is 292 g/mol. The van der Waals surface area contributed by atoms with E-state index in [1.165, 1.54) is 0 Å². The van der Waals surface area contributed by atoms with E-state index >= 15 is 0 Å². The lowest BCUT2D eigenvalue weighted by Crippen LogP contribution is -2.45. The van der Waals surface area contributed by atoms with Crippen molar-refractivity contribution in [3.63, 3.8) is 0 Å². The van der Waals surface area contributed by atoms with E-state index in [1.807, 2.05) is 26.1 Å². The summed E-state index contributed by atoms with van der Waals surface area (Å²) in [5.41, 5.74) is 1.12. The van der Waals surface area contributed by atoms with Gasteiger partial charge in [0.15, 0.2) is 0 Å². The number of carbonyl (C=O) groups excluding carboxylic acids is 1.